The molecule has 2 N–H and O–H groups in total. The van der Waals surface area contributed by atoms with E-state index in [2.05, 4.69) is 20.6 Å². The third-order valence-corrected chi connectivity index (χ3v) is 8.19. The Morgan fingerprint density at radius 2 is 1.88 bits per heavy atom. The molecule has 12 heteroatoms. The maximum atomic E-state index is 13.2. The Hall–Kier alpha value is -2.80. The zero-order chi connectivity index (χ0) is 28.8. The highest BCUT2D eigenvalue weighted by molar-refractivity contribution is 5.93. The fourth-order valence-corrected chi connectivity index (χ4v) is 5.82. The fourth-order valence-electron chi connectivity index (χ4n) is 5.82. The van der Waals surface area contributed by atoms with E-state index in [-0.39, 0.29) is 30.3 Å². The molecule has 5 rings (SSSR count). The van der Waals surface area contributed by atoms with E-state index in [1.165, 1.54) is 18.5 Å². The lowest BCUT2D eigenvalue weighted by molar-refractivity contribution is -0.137. The predicted molar refractivity (Wildman–Crippen MR) is 146 cm³/mol. The molecule has 224 valence electrons. The third kappa shape index (κ3) is 7.73. The monoisotopic (exact) mass is 577 g/mol. The maximum absolute atomic E-state index is 13.2. The molecule has 0 aliphatic carbocycles. The Kier molecular flexibility index (Phi) is 9.74. The van der Waals surface area contributed by atoms with Crippen LogP contribution in [-0.4, -0.2) is 85.0 Å². The van der Waals surface area contributed by atoms with Crippen molar-refractivity contribution in [3.8, 4) is 0 Å². The Bertz CT molecular complexity index is 1140. The molecule has 3 aliphatic rings. The van der Waals surface area contributed by atoms with E-state index in [0.717, 1.165) is 62.8 Å². The van der Waals surface area contributed by atoms with Crippen molar-refractivity contribution in [1.82, 2.24) is 20.2 Å². The second kappa shape index (κ2) is 13.5. The largest absolute Gasteiger partial charge is 0.416 e. The SMILES string of the molecule is CO[C@@H]1COCC[C@@H]1NC1CCN(C(=O)c2cc(NC[C@H]3CCC[C@@H](c4ccc(C(F)(F)F)cc4)O3)ncn2)CC1. The van der Waals surface area contributed by atoms with E-state index in [9.17, 15) is 18.0 Å². The summed E-state index contributed by atoms with van der Waals surface area (Å²) in [6, 6.07) is 7.43. The average molecular weight is 578 g/mol. The summed E-state index contributed by atoms with van der Waals surface area (Å²) >= 11 is 0. The first-order valence-electron chi connectivity index (χ1n) is 14.3. The molecule has 0 unspecified atom stereocenters. The van der Waals surface area contributed by atoms with E-state index in [1.807, 2.05) is 4.90 Å². The number of nitrogens with zero attached hydrogens (tertiary/aromatic N) is 3. The molecule has 1 aromatic heterocycles. The quantitative estimate of drug-likeness (QED) is 0.482. The van der Waals surface area contributed by atoms with Crippen molar-refractivity contribution in [3.05, 3.63) is 53.5 Å². The number of carbonyl (C=O) groups excluding carboxylic acids is 1. The van der Waals surface area contributed by atoms with Gasteiger partial charge in [0.1, 0.15) is 17.8 Å². The van der Waals surface area contributed by atoms with Crippen LogP contribution in [0.15, 0.2) is 36.7 Å². The summed E-state index contributed by atoms with van der Waals surface area (Å²) in [6.45, 7) is 3.08. The minimum absolute atomic E-state index is 0.0464. The summed E-state index contributed by atoms with van der Waals surface area (Å²) in [4.78, 5) is 23.5. The van der Waals surface area contributed by atoms with Gasteiger partial charge in [0, 0.05) is 51.5 Å². The number of alkyl halides is 3. The number of methoxy groups -OCH3 is 1. The van der Waals surface area contributed by atoms with Crippen molar-refractivity contribution < 1.29 is 32.2 Å². The molecule has 4 heterocycles. The summed E-state index contributed by atoms with van der Waals surface area (Å²) in [5, 5.41) is 6.95. The summed E-state index contributed by atoms with van der Waals surface area (Å²) in [7, 11) is 1.71. The van der Waals surface area contributed by atoms with E-state index >= 15 is 0 Å². The normalized spacial score (nSPS) is 26.1. The lowest BCUT2D eigenvalue weighted by Crippen LogP contribution is -2.54. The molecular formula is C29H38F3N5O4. The number of hydrogen-bond acceptors (Lipinski definition) is 8. The van der Waals surface area contributed by atoms with Gasteiger partial charge in [0.25, 0.3) is 5.91 Å². The van der Waals surface area contributed by atoms with Gasteiger partial charge in [-0.05, 0) is 56.2 Å². The highest BCUT2D eigenvalue weighted by Gasteiger charge is 2.32. The molecular weight excluding hydrogens is 539 g/mol. The Labute approximate surface area is 238 Å². The minimum atomic E-state index is -4.36. The zero-order valence-corrected chi connectivity index (χ0v) is 23.2. The van der Waals surface area contributed by atoms with Crippen LogP contribution in [0.25, 0.3) is 0 Å². The van der Waals surface area contributed by atoms with Crippen molar-refractivity contribution in [1.29, 1.82) is 0 Å². The summed E-state index contributed by atoms with van der Waals surface area (Å²) in [6.07, 6.45) is 1.77. The van der Waals surface area contributed by atoms with Gasteiger partial charge in [0.05, 0.1) is 30.5 Å². The highest BCUT2D eigenvalue weighted by atomic mass is 19.4. The lowest BCUT2D eigenvalue weighted by Gasteiger charge is -2.38. The molecule has 0 radical (unpaired) electrons. The average Bonchev–Trinajstić information content (AvgIpc) is 3.00. The van der Waals surface area contributed by atoms with Crippen molar-refractivity contribution in [3.63, 3.8) is 0 Å². The van der Waals surface area contributed by atoms with E-state index in [1.54, 1.807) is 13.2 Å². The van der Waals surface area contributed by atoms with Crippen molar-refractivity contribution in [2.45, 2.75) is 75.1 Å². The molecule has 41 heavy (non-hydrogen) atoms. The van der Waals surface area contributed by atoms with Gasteiger partial charge in [0.15, 0.2) is 0 Å². The number of anilines is 1. The van der Waals surface area contributed by atoms with Gasteiger partial charge in [-0.15, -0.1) is 0 Å². The molecule has 2 aromatic rings. The number of ether oxygens (including phenoxy) is 3. The molecule has 4 atom stereocenters. The summed E-state index contributed by atoms with van der Waals surface area (Å²) in [5.41, 5.74) is 0.411. The first-order valence-corrected chi connectivity index (χ1v) is 14.3. The number of piperidine rings is 1. The number of amides is 1. The van der Waals surface area contributed by atoms with Crippen LogP contribution in [0.3, 0.4) is 0 Å². The highest BCUT2D eigenvalue weighted by Crippen LogP contribution is 2.34. The molecule has 1 amide bonds. The molecule has 0 spiro atoms. The fraction of sp³-hybridized carbons (Fsp3) is 0.621. The van der Waals surface area contributed by atoms with E-state index < -0.39 is 11.7 Å². The Balaban J connectivity index is 1.10. The van der Waals surface area contributed by atoms with Crippen molar-refractivity contribution >= 4 is 11.7 Å². The molecule has 3 aliphatic heterocycles. The zero-order valence-electron chi connectivity index (χ0n) is 23.2. The Morgan fingerprint density at radius 1 is 1.10 bits per heavy atom. The number of carbonyl (C=O) groups is 1. The minimum Gasteiger partial charge on any atom is -0.379 e. The van der Waals surface area contributed by atoms with Crippen LogP contribution >= 0.6 is 0 Å². The second-order valence-electron chi connectivity index (χ2n) is 10.9. The van der Waals surface area contributed by atoms with Crippen LogP contribution in [0.2, 0.25) is 0 Å². The number of likely N-dealkylation sites (tertiary alicyclic amines) is 1. The molecule has 3 saturated heterocycles. The molecule has 9 nitrogen and oxygen atoms in total. The Morgan fingerprint density at radius 3 is 2.61 bits per heavy atom. The molecule has 1 aromatic carbocycles. The lowest BCUT2D eigenvalue weighted by atomic mass is 9.97. The van der Waals surface area contributed by atoms with E-state index in [4.69, 9.17) is 14.2 Å². The number of hydrogen-bond donors (Lipinski definition) is 2. The van der Waals surface area contributed by atoms with Crippen molar-refractivity contribution in [2.24, 2.45) is 0 Å². The molecule has 0 saturated carbocycles. The number of aromatic nitrogens is 2. The smallest absolute Gasteiger partial charge is 0.379 e. The van der Waals surface area contributed by atoms with Crippen LogP contribution < -0.4 is 10.6 Å². The van der Waals surface area contributed by atoms with Crippen LogP contribution in [0, 0.1) is 0 Å². The van der Waals surface area contributed by atoms with Crippen molar-refractivity contribution in [2.75, 3.05) is 45.3 Å². The van der Waals surface area contributed by atoms with E-state index in [0.29, 0.717) is 43.8 Å². The summed E-state index contributed by atoms with van der Waals surface area (Å²) in [5.74, 6) is 0.413. The van der Waals surface area contributed by atoms with Gasteiger partial charge in [-0.2, -0.15) is 13.2 Å². The first kappa shape index (κ1) is 29.7. The van der Waals surface area contributed by atoms with Gasteiger partial charge < -0.3 is 29.7 Å². The molecule has 0 bridgehead atoms. The van der Waals surface area contributed by atoms with Crippen LogP contribution in [0.4, 0.5) is 19.0 Å². The van der Waals surface area contributed by atoms with Gasteiger partial charge in [-0.1, -0.05) is 12.1 Å². The summed E-state index contributed by atoms with van der Waals surface area (Å²) < 4.78 is 56.0. The predicted octanol–water partition coefficient (Wildman–Crippen LogP) is 4.22. The third-order valence-electron chi connectivity index (χ3n) is 8.19. The maximum Gasteiger partial charge on any atom is 0.416 e. The molecule has 3 fully saturated rings. The van der Waals surface area contributed by atoms with Gasteiger partial charge in [-0.3, -0.25) is 4.79 Å². The van der Waals surface area contributed by atoms with Crippen LogP contribution in [0.1, 0.15) is 66.2 Å². The van der Waals surface area contributed by atoms with Crippen LogP contribution in [-0.2, 0) is 20.4 Å². The van der Waals surface area contributed by atoms with Crippen LogP contribution in [0.5, 0.6) is 0 Å². The second-order valence-corrected chi connectivity index (χ2v) is 10.9. The van der Waals surface area contributed by atoms with Gasteiger partial charge >= 0.3 is 6.18 Å². The first-order chi connectivity index (χ1) is 19.8. The van der Waals surface area contributed by atoms with Gasteiger partial charge in [0.2, 0.25) is 0 Å². The topological polar surface area (TPSA) is 97.8 Å². The van der Waals surface area contributed by atoms with Gasteiger partial charge in [-0.25, -0.2) is 9.97 Å². The number of rotatable bonds is 8. The number of nitrogens with one attached hydrogen (secondary N) is 2. The number of halogens is 3. The number of benzene rings is 1. The standard InChI is InChI=1S/C29H38F3N5O4/c1-39-26-17-40-14-11-23(26)36-21-9-12-37(13-10-21)28(38)24-15-27(35-18-34-24)33-16-22-3-2-4-25(41-22)19-5-7-20(8-6-19)29(30,31)32/h5-8,15,18,21-23,25-26,36H,2-4,9-14,16-17H2,1H3,(H,33,34,35)/t22-,23+,25+,26-/m1/s1.